The van der Waals surface area contributed by atoms with E-state index in [2.05, 4.69) is 50.4 Å². The summed E-state index contributed by atoms with van der Waals surface area (Å²) < 4.78 is 3.93. The number of nitrogens with zero attached hydrogens (tertiary/aromatic N) is 5. The van der Waals surface area contributed by atoms with Gasteiger partial charge < -0.3 is 10.6 Å². The molecule has 2 aromatic heterocycles. The zero-order valence-electron chi connectivity index (χ0n) is 16.9. The number of para-hydroxylation sites is 1. The first-order chi connectivity index (χ1) is 13.7. The molecule has 7 heteroatoms. The van der Waals surface area contributed by atoms with Crippen molar-refractivity contribution in [2.24, 2.45) is 4.99 Å². The van der Waals surface area contributed by atoms with Crippen molar-refractivity contribution >= 4 is 5.96 Å². The Labute approximate surface area is 166 Å². The predicted molar refractivity (Wildman–Crippen MR) is 113 cm³/mol. The standard InChI is InChI=1S/C21H29N7/c1-4-22-21(23-12-8-13-27-18(3)15-17(2)25-27)24-16-19-11-14-28(26-19)20-9-6-5-7-10-20/h5-7,9-11,14-15H,4,8,12-13,16H2,1-3H3,(H2,22,23,24). The fraction of sp³-hybridized carbons (Fsp3) is 0.381. The topological polar surface area (TPSA) is 72.1 Å². The van der Waals surface area contributed by atoms with E-state index < -0.39 is 0 Å². The first kappa shape index (κ1) is 19.7. The minimum Gasteiger partial charge on any atom is -0.357 e. The van der Waals surface area contributed by atoms with Crippen LogP contribution in [0.1, 0.15) is 30.4 Å². The molecule has 3 rings (SSSR count). The molecule has 3 aromatic rings. The molecule has 148 valence electrons. The van der Waals surface area contributed by atoms with Crippen LogP contribution in [0.15, 0.2) is 53.7 Å². The average molecular weight is 380 g/mol. The van der Waals surface area contributed by atoms with Crippen molar-refractivity contribution in [2.45, 2.75) is 40.3 Å². The van der Waals surface area contributed by atoms with Crippen LogP contribution in [0.25, 0.3) is 5.69 Å². The number of hydrogen-bond acceptors (Lipinski definition) is 3. The van der Waals surface area contributed by atoms with Gasteiger partial charge in [0.1, 0.15) is 0 Å². The summed E-state index contributed by atoms with van der Waals surface area (Å²) in [6, 6.07) is 14.2. The third-order valence-corrected chi connectivity index (χ3v) is 4.35. The highest BCUT2D eigenvalue weighted by Crippen LogP contribution is 2.07. The molecule has 0 aliphatic rings. The van der Waals surface area contributed by atoms with Gasteiger partial charge >= 0.3 is 0 Å². The van der Waals surface area contributed by atoms with Gasteiger partial charge in [-0.15, -0.1) is 0 Å². The van der Waals surface area contributed by atoms with Crippen LogP contribution in [0.5, 0.6) is 0 Å². The average Bonchev–Trinajstić information content (AvgIpc) is 3.30. The molecular weight excluding hydrogens is 350 g/mol. The lowest BCUT2D eigenvalue weighted by Gasteiger charge is -2.11. The molecule has 2 N–H and O–H groups in total. The van der Waals surface area contributed by atoms with Gasteiger partial charge in [-0.2, -0.15) is 10.2 Å². The molecule has 0 spiro atoms. The van der Waals surface area contributed by atoms with Gasteiger partial charge in [-0.1, -0.05) is 18.2 Å². The molecule has 1 aromatic carbocycles. The number of rotatable bonds is 8. The van der Waals surface area contributed by atoms with Crippen LogP contribution >= 0.6 is 0 Å². The summed E-state index contributed by atoms with van der Waals surface area (Å²) in [6.07, 6.45) is 2.95. The van der Waals surface area contributed by atoms with Crippen LogP contribution in [-0.2, 0) is 13.1 Å². The third kappa shape index (κ3) is 5.45. The fourth-order valence-electron chi connectivity index (χ4n) is 3.01. The van der Waals surface area contributed by atoms with Gasteiger partial charge in [-0.05, 0) is 51.5 Å². The zero-order valence-corrected chi connectivity index (χ0v) is 16.9. The molecule has 0 aliphatic carbocycles. The SMILES string of the molecule is CCNC(=NCc1ccn(-c2ccccc2)n1)NCCCn1nc(C)cc1C. The Balaban J connectivity index is 1.51. The monoisotopic (exact) mass is 379 g/mol. The van der Waals surface area contributed by atoms with Gasteiger partial charge in [-0.25, -0.2) is 9.67 Å². The van der Waals surface area contributed by atoms with Crippen LogP contribution < -0.4 is 10.6 Å². The van der Waals surface area contributed by atoms with Crippen molar-refractivity contribution in [3.05, 3.63) is 65.7 Å². The summed E-state index contributed by atoms with van der Waals surface area (Å²) in [5.41, 5.74) is 4.25. The molecule has 0 fully saturated rings. The molecule has 2 heterocycles. The van der Waals surface area contributed by atoms with Crippen molar-refractivity contribution < 1.29 is 0 Å². The number of hydrogen-bond donors (Lipinski definition) is 2. The number of benzene rings is 1. The Morgan fingerprint density at radius 2 is 1.89 bits per heavy atom. The molecular formula is C21H29N7. The summed E-state index contributed by atoms with van der Waals surface area (Å²) in [5.74, 6) is 0.810. The highest BCUT2D eigenvalue weighted by molar-refractivity contribution is 5.79. The van der Waals surface area contributed by atoms with Crippen molar-refractivity contribution in [2.75, 3.05) is 13.1 Å². The summed E-state index contributed by atoms with van der Waals surface area (Å²) in [7, 11) is 0. The van der Waals surface area contributed by atoms with E-state index >= 15 is 0 Å². The van der Waals surface area contributed by atoms with E-state index in [0.29, 0.717) is 6.54 Å². The van der Waals surface area contributed by atoms with Gasteiger partial charge in [0.05, 0.1) is 23.6 Å². The Hall–Kier alpha value is -3.09. The Morgan fingerprint density at radius 1 is 1.07 bits per heavy atom. The molecule has 0 amide bonds. The first-order valence-electron chi connectivity index (χ1n) is 9.79. The molecule has 0 unspecified atom stereocenters. The minimum absolute atomic E-state index is 0.534. The van der Waals surface area contributed by atoms with E-state index in [4.69, 9.17) is 0 Å². The van der Waals surface area contributed by atoms with Crippen LogP contribution in [0, 0.1) is 13.8 Å². The number of aryl methyl sites for hydroxylation is 3. The molecule has 0 aliphatic heterocycles. The predicted octanol–water partition coefficient (Wildman–Crippen LogP) is 2.83. The third-order valence-electron chi connectivity index (χ3n) is 4.35. The zero-order chi connectivity index (χ0) is 19.8. The highest BCUT2D eigenvalue weighted by Gasteiger charge is 2.03. The Kier molecular flexibility index (Phi) is 6.84. The van der Waals surface area contributed by atoms with E-state index in [1.54, 1.807) is 0 Å². The van der Waals surface area contributed by atoms with E-state index in [1.807, 2.05) is 54.2 Å². The van der Waals surface area contributed by atoms with Gasteiger partial charge in [0, 0.05) is 31.5 Å². The Bertz CT molecular complexity index is 893. The first-order valence-corrected chi connectivity index (χ1v) is 9.79. The number of aromatic nitrogens is 4. The van der Waals surface area contributed by atoms with Crippen molar-refractivity contribution in [1.82, 2.24) is 30.2 Å². The van der Waals surface area contributed by atoms with Crippen LogP contribution in [-0.4, -0.2) is 38.6 Å². The molecule has 0 atom stereocenters. The van der Waals surface area contributed by atoms with E-state index in [0.717, 1.165) is 49.1 Å². The van der Waals surface area contributed by atoms with Gasteiger partial charge in [-0.3, -0.25) is 4.68 Å². The van der Waals surface area contributed by atoms with Gasteiger partial charge in [0.25, 0.3) is 0 Å². The lowest BCUT2D eigenvalue weighted by atomic mass is 10.3. The number of guanidine groups is 1. The summed E-state index contributed by atoms with van der Waals surface area (Å²) in [6.45, 7) is 9.27. The molecule has 0 saturated heterocycles. The largest absolute Gasteiger partial charge is 0.357 e. The van der Waals surface area contributed by atoms with Crippen LogP contribution in [0.4, 0.5) is 0 Å². The maximum absolute atomic E-state index is 4.65. The normalized spacial score (nSPS) is 11.6. The van der Waals surface area contributed by atoms with Crippen molar-refractivity contribution in [1.29, 1.82) is 0 Å². The lowest BCUT2D eigenvalue weighted by molar-refractivity contribution is 0.555. The number of nitrogens with one attached hydrogen (secondary N) is 2. The summed E-state index contributed by atoms with van der Waals surface area (Å²) >= 11 is 0. The van der Waals surface area contributed by atoms with E-state index in [-0.39, 0.29) is 0 Å². The van der Waals surface area contributed by atoms with Gasteiger partial charge in [0.2, 0.25) is 0 Å². The van der Waals surface area contributed by atoms with Crippen LogP contribution in [0.2, 0.25) is 0 Å². The quantitative estimate of drug-likeness (QED) is 0.359. The molecule has 0 saturated carbocycles. The second-order valence-corrected chi connectivity index (χ2v) is 6.71. The maximum Gasteiger partial charge on any atom is 0.191 e. The molecule has 0 bridgehead atoms. The summed E-state index contributed by atoms with van der Waals surface area (Å²) in [4.78, 5) is 4.65. The lowest BCUT2D eigenvalue weighted by Crippen LogP contribution is -2.38. The highest BCUT2D eigenvalue weighted by atomic mass is 15.3. The smallest absolute Gasteiger partial charge is 0.191 e. The molecule has 0 radical (unpaired) electrons. The Morgan fingerprint density at radius 3 is 2.61 bits per heavy atom. The molecule has 7 nitrogen and oxygen atoms in total. The summed E-state index contributed by atoms with van der Waals surface area (Å²) in [5, 5.41) is 15.8. The second kappa shape index (κ2) is 9.73. The second-order valence-electron chi connectivity index (χ2n) is 6.71. The van der Waals surface area contributed by atoms with Crippen molar-refractivity contribution in [3.8, 4) is 5.69 Å². The van der Waals surface area contributed by atoms with E-state index in [9.17, 15) is 0 Å². The van der Waals surface area contributed by atoms with Gasteiger partial charge in [0.15, 0.2) is 5.96 Å². The van der Waals surface area contributed by atoms with Crippen LogP contribution in [0.3, 0.4) is 0 Å². The fourth-order valence-corrected chi connectivity index (χ4v) is 3.01. The molecule has 28 heavy (non-hydrogen) atoms. The minimum atomic E-state index is 0.534. The van der Waals surface area contributed by atoms with Crippen molar-refractivity contribution in [3.63, 3.8) is 0 Å². The van der Waals surface area contributed by atoms with E-state index in [1.165, 1.54) is 5.69 Å². The maximum atomic E-state index is 4.65. The number of aliphatic imine (C=N–C) groups is 1.